The number of furan rings is 1. The molecule has 0 aromatic carbocycles. The summed E-state index contributed by atoms with van der Waals surface area (Å²) in [6, 6.07) is 1.94. The molecule has 0 saturated carbocycles. The van der Waals surface area contributed by atoms with Gasteiger partial charge in [-0.15, -0.1) is 0 Å². The highest BCUT2D eigenvalue weighted by Gasteiger charge is 2.21. The fourth-order valence-corrected chi connectivity index (χ4v) is 3.11. The molecule has 0 saturated heterocycles. The van der Waals surface area contributed by atoms with Gasteiger partial charge in [0.15, 0.2) is 11.6 Å². The smallest absolute Gasteiger partial charge is 0.198 e. The standard InChI is InChI=1S/C13H15N3OS/c1-3-14-12-9-6-18-7-10(9)15-13(16-12)11-8(2)4-5-17-11/h4-5H,3,6-7H2,1-2H3,(H,14,15,16). The van der Waals surface area contributed by atoms with Crippen molar-refractivity contribution in [3.8, 4) is 11.6 Å². The maximum Gasteiger partial charge on any atom is 0.198 e. The van der Waals surface area contributed by atoms with Gasteiger partial charge in [0.2, 0.25) is 0 Å². The number of fused-ring (bicyclic) bond motifs is 1. The largest absolute Gasteiger partial charge is 0.461 e. The molecule has 1 N–H and O–H groups in total. The number of nitrogens with one attached hydrogen (secondary N) is 1. The molecule has 2 aromatic heterocycles. The summed E-state index contributed by atoms with van der Waals surface area (Å²) in [5.41, 5.74) is 3.45. The summed E-state index contributed by atoms with van der Waals surface area (Å²) in [5, 5.41) is 3.32. The van der Waals surface area contributed by atoms with Crippen molar-refractivity contribution < 1.29 is 4.42 Å². The third kappa shape index (κ3) is 1.88. The van der Waals surface area contributed by atoms with Crippen LogP contribution in [0.5, 0.6) is 0 Å². The number of hydrogen-bond acceptors (Lipinski definition) is 5. The fourth-order valence-electron chi connectivity index (χ4n) is 2.07. The highest BCUT2D eigenvalue weighted by atomic mass is 32.2. The SMILES string of the molecule is CCNc1nc(-c2occc2C)nc2c1CSC2. The molecule has 2 aromatic rings. The number of nitrogens with zero attached hydrogens (tertiary/aromatic N) is 2. The van der Waals surface area contributed by atoms with E-state index in [1.54, 1.807) is 6.26 Å². The lowest BCUT2D eigenvalue weighted by molar-refractivity contribution is 0.575. The van der Waals surface area contributed by atoms with Crippen LogP contribution in [0.1, 0.15) is 23.7 Å². The zero-order valence-corrected chi connectivity index (χ0v) is 11.3. The Labute approximate surface area is 110 Å². The zero-order valence-electron chi connectivity index (χ0n) is 10.5. The summed E-state index contributed by atoms with van der Waals surface area (Å²) in [4.78, 5) is 9.24. The van der Waals surface area contributed by atoms with Crippen molar-refractivity contribution in [2.45, 2.75) is 25.4 Å². The van der Waals surface area contributed by atoms with Crippen LogP contribution in [0.3, 0.4) is 0 Å². The molecule has 4 nitrogen and oxygen atoms in total. The number of anilines is 1. The van der Waals surface area contributed by atoms with E-state index in [9.17, 15) is 0 Å². The van der Waals surface area contributed by atoms with Crippen LogP contribution in [0, 0.1) is 6.92 Å². The Morgan fingerprint density at radius 2 is 2.28 bits per heavy atom. The summed E-state index contributed by atoms with van der Waals surface area (Å²) in [6.07, 6.45) is 1.68. The van der Waals surface area contributed by atoms with Gasteiger partial charge in [-0.25, -0.2) is 9.97 Å². The van der Waals surface area contributed by atoms with E-state index < -0.39 is 0 Å². The van der Waals surface area contributed by atoms with Gasteiger partial charge in [0, 0.05) is 23.6 Å². The van der Waals surface area contributed by atoms with Crippen LogP contribution >= 0.6 is 11.8 Å². The fraction of sp³-hybridized carbons (Fsp3) is 0.385. The van der Waals surface area contributed by atoms with E-state index in [-0.39, 0.29) is 0 Å². The molecule has 18 heavy (non-hydrogen) atoms. The first-order valence-electron chi connectivity index (χ1n) is 6.05. The lowest BCUT2D eigenvalue weighted by atomic mass is 10.2. The Bertz CT molecular complexity index is 580. The molecule has 5 heteroatoms. The molecule has 0 aliphatic carbocycles. The van der Waals surface area contributed by atoms with Crippen molar-refractivity contribution in [1.82, 2.24) is 9.97 Å². The second-order valence-electron chi connectivity index (χ2n) is 4.28. The lowest BCUT2D eigenvalue weighted by Crippen LogP contribution is -2.06. The van der Waals surface area contributed by atoms with Gasteiger partial charge >= 0.3 is 0 Å². The molecular formula is C13H15N3OS. The van der Waals surface area contributed by atoms with Gasteiger partial charge in [-0.2, -0.15) is 11.8 Å². The van der Waals surface area contributed by atoms with Gasteiger partial charge in [-0.1, -0.05) is 0 Å². The summed E-state index contributed by atoms with van der Waals surface area (Å²) in [6.45, 7) is 4.95. The quantitative estimate of drug-likeness (QED) is 0.919. The Kier molecular flexibility index (Phi) is 2.99. The van der Waals surface area contributed by atoms with E-state index in [0.717, 1.165) is 40.9 Å². The zero-order chi connectivity index (χ0) is 12.5. The minimum atomic E-state index is 0.690. The first-order valence-corrected chi connectivity index (χ1v) is 7.21. The molecule has 0 atom stereocenters. The minimum Gasteiger partial charge on any atom is -0.461 e. The Morgan fingerprint density at radius 3 is 3.00 bits per heavy atom. The van der Waals surface area contributed by atoms with E-state index in [4.69, 9.17) is 4.42 Å². The Hall–Kier alpha value is -1.49. The molecule has 1 aliphatic heterocycles. The summed E-state index contributed by atoms with van der Waals surface area (Å²) >= 11 is 1.88. The van der Waals surface area contributed by atoms with Crippen LogP contribution in [0.25, 0.3) is 11.6 Å². The molecule has 3 heterocycles. The van der Waals surface area contributed by atoms with Crippen LogP contribution < -0.4 is 5.32 Å². The summed E-state index contributed by atoms with van der Waals surface area (Å²) in [7, 11) is 0. The molecule has 0 amide bonds. The van der Waals surface area contributed by atoms with Crippen LogP contribution in [0.15, 0.2) is 16.7 Å². The molecular weight excluding hydrogens is 246 g/mol. The lowest BCUT2D eigenvalue weighted by Gasteiger charge is -2.09. The van der Waals surface area contributed by atoms with Gasteiger partial charge in [0.05, 0.1) is 12.0 Å². The molecule has 94 valence electrons. The number of thioether (sulfide) groups is 1. The van der Waals surface area contributed by atoms with Crippen molar-refractivity contribution >= 4 is 17.6 Å². The summed E-state index contributed by atoms with van der Waals surface area (Å²) in [5.74, 6) is 4.37. The van der Waals surface area contributed by atoms with Gasteiger partial charge in [0.25, 0.3) is 0 Å². The van der Waals surface area contributed by atoms with Gasteiger partial charge < -0.3 is 9.73 Å². The second kappa shape index (κ2) is 4.65. The minimum absolute atomic E-state index is 0.690. The number of aromatic nitrogens is 2. The normalized spacial score (nSPS) is 13.7. The van der Waals surface area contributed by atoms with Crippen molar-refractivity contribution in [3.05, 3.63) is 29.2 Å². The van der Waals surface area contributed by atoms with E-state index >= 15 is 0 Å². The summed E-state index contributed by atoms with van der Waals surface area (Å²) < 4.78 is 5.48. The van der Waals surface area contributed by atoms with E-state index in [1.165, 1.54) is 5.56 Å². The first kappa shape index (κ1) is 11.6. The van der Waals surface area contributed by atoms with Gasteiger partial charge in [-0.05, 0) is 25.5 Å². The van der Waals surface area contributed by atoms with E-state index in [1.807, 2.05) is 24.8 Å². The van der Waals surface area contributed by atoms with E-state index in [0.29, 0.717) is 5.82 Å². The molecule has 1 aliphatic rings. The van der Waals surface area contributed by atoms with E-state index in [2.05, 4.69) is 22.2 Å². The third-order valence-corrected chi connectivity index (χ3v) is 3.96. The molecule has 0 bridgehead atoms. The molecule has 0 unspecified atom stereocenters. The Morgan fingerprint density at radius 1 is 1.39 bits per heavy atom. The molecule has 0 radical (unpaired) electrons. The number of aryl methyl sites for hydroxylation is 1. The number of rotatable bonds is 3. The van der Waals surface area contributed by atoms with Crippen molar-refractivity contribution in [2.24, 2.45) is 0 Å². The van der Waals surface area contributed by atoms with Crippen LogP contribution in [0.4, 0.5) is 5.82 Å². The van der Waals surface area contributed by atoms with Gasteiger partial charge in [0.1, 0.15) is 5.82 Å². The predicted molar refractivity (Wildman–Crippen MR) is 73.6 cm³/mol. The molecule has 0 fully saturated rings. The second-order valence-corrected chi connectivity index (χ2v) is 5.26. The van der Waals surface area contributed by atoms with Crippen LogP contribution in [-0.2, 0) is 11.5 Å². The first-order chi connectivity index (χ1) is 8.79. The average Bonchev–Trinajstić information content (AvgIpc) is 2.97. The average molecular weight is 261 g/mol. The third-order valence-electron chi connectivity index (χ3n) is 2.99. The monoisotopic (exact) mass is 261 g/mol. The van der Waals surface area contributed by atoms with Crippen molar-refractivity contribution in [3.63, 3.8) is 0 Å². The Balaban J connectivity index is 2.12. The molecule has 0 spiro atoms. The molecule has 3 rings (SSSR count). The number of hydrogen-bond donors (Lipinski definition) is 1. The van der Waals surface area contributed by atoms with Crippen molar-refractivity contribution in [1.29, 1.82) is 0 Å². The topological polar surface area (TPSA) is 51.0 Å². The predicted octanol–water partition coefficient (Wildman–Crippen LogP) is 3.22. The maximum atomic E-state index is 5.48. The van der Waals surface area contributed by atoms with Crippen molar-refractivity contribution in [2.75, 3.05) is 11.9 Å². The highest BCUT2D eigenvalue weighted by Crippen LogP contribution is 2.34. The van der Waals surface area contributed by atoms with Crippen LogP contribution in [-0.4, -0.2) is 16.5 Å². The maximum absolute atomic E-state index is 5.48. The van der Waals surface area contributed by atoms with Crippen LogP contribution in [0.2, 0.25) is 0 Å². The highest BCUT2D eigenvalue weighted by molar-refractivity contribution is 7.98. The van der Waals surface area contributed by atoms with Gasteiger partial charge in [-0.3, -0.25) is 0 Å².